The predicted octanol–water partition coefficient (Wildman–Crippen LogP) is 1.88. The summed E-state index contributed by atoms with van der Waals surface area (Å²) in [4.78, 5) is 0. The minimum atomic E-state index is -0.547. The third kappa shape index (κ3) is 2.60. The molecule has 0 saturated heterocycles. The van der Waals surface area contributed by atoms with Crippen molar-refractivity contribution in [1.82, 2.24) is 0 Å². The minimum Gasteiger partial charge on any atom is -0.507 e. The number of benzene rings is 1. The third-order valence-electron chi connectivity index (χ3n) is 1.93. The molecule has 0 amide bonds. The van der Waals surface area contributed by atoms with E-state index in [1.54, 1.807) is 19.1 Å². The highest BCUT2D eigenvalue weighted by atomic mass is 79.9. The van der Waals surface area contributed by atoms with Crippen LogP contribution in [0.5, 0.6) is 5.75 Å². The average Bonchev–Trinajstić information content (AvgIpc) is 2.12. The van der Waals surface area contributed by atoms with Gasteiger partial charge >= 0.3 is 0 Å². The summed E-state index contributed by atoms with van der Waals surface area (Å²) in [7, 11) is 0. The number of rotatable bonds is 2. The van der Waals surface area contributed by atoms with E-state index in [2.05, 4.69) is 15.9 Å². The molecule has 0 aliphatic rings. The van der Waals surface area contributed by atoms with E-state index in [0.29, 0.717) is 5.56 Å². The molecule has 1 atom stereocenters. The largest absolute Gasteiger partial charge is 0.507 e. The molecule has 0 unspecified atom stereocenters. The van der Waals surface area contributed by atoms with E-state index < -0.39 is 6.04 Å². The Bertz CT molecular complexity index is 320. The standard InChI is InChI=1S/C9H12BrNO2.ClH/c1-5-2-3-6(10)8(9(5)13)7(11)4-12;/h2-3,7,12-13H,4,11H2,1H3;1H/t7-;/m0./s1. The van der Waals surface area contributed by atoms with Gasteiger partial charge in [-0.1, -0.05) is 22.0 Å². The lowest BCUT2D eigenvalue weighted by Gasteiger charge is -2.14. The molecule has 0 radical (unpaired) electrons. The van der Waals surface area contributed by atoms with Crippen LogP contribution < -0.4 is 5.73 Å². The molecule has 0 fully saturated rings. The van der Waals surface area contributed by atoms with Gasteiger partial charge in [0.2, 0.25) is 0 Å². The van der Waals surface area contributed by atoms with Gasteiger partial charge in [0.15, 0.2) is 0 Å². The molecule has 1 aromatic rings. The number of hydrogen-bond donors (Lipinski definition) is 3. The molecule has 1 aromatic carbocycles. The molecule has 0 spiro atoms. The first kappa shape index (κ1) is 13.7. The van der Waals surface area contributed by atoms with E-state index in [-0.39, 0.29) is 24.8 Å². The van der Waals surface area contributed by atoms with Gasteiger partial charge in [-0.3, -0.25) is 0 Å². The Balaban J connectivity index is 0.00000169. The number of aliphatic hydroxyl groups excluding tert-OH is 1. The van der Waals surface area contributed by atoms with Gasteiger partial charge in [-0.2, -0.15) is 0 Å². The molecular weight excluding hydrogens is 269 g/mol. The molecule has 14 heavy (non-hydrogen) atoms. The number of aliphatic hydroxyl groups is 1. The van der Waals surface area contributed by atoms with Gasteiger partial charge < -0.3 is 15.9 Å². The van der Waals surface area contributed by atoms with Crippen molar-refractivity contribution in [3.63, 3.8) is 0 Å². The zero-order valence-electron chi connectivity index (χ0n) is 7.70. The Morgan fingerprint density at radius 3 is 2.57 bits per heavy atom. The van der Waals surface area contributed by atoms with Crippen LogP contribution in [0.25, 0.3) is 0 Å². The lowest BCUT2D eigenvalue weighted by atomic mass is 10.0. The molecule has 0 aliphatic heterocycles. The molecule has 0 bridgehead atoms. The second kappa shape index (κ2) is 5.56. The number of aryl methyl sites for hydroxylation is 1. The second-order valence-corrected chi connectivity index (χ2v) is 3.77. The fourth-order valence-corrected chi connectivity index (χ4v) is 1.75. The van der Waals surface area contributed by atoms with Crippen LogP contribution in [0.1, 0.15) is 17.2 Å². The van der Waals surface area contributed by atoms with Crippen molar-refractivity contribution in [3.05, 3.63) is 27.7 Å². The highest BCUT2D eigenvalue weighted by Gasteiger charge is 2.15. The molecule has 4 N–H and O–H groups in total. The molecule has 0 saturated carbocycles. The van der Waals surface area contributed by atoms with Crippen molar-refractivity contribution in [2.45, 2.75) is 13.0 Å². The number of phenols is 1. The second-order valence-electron chi connectivity index (χ2n) is 2.92. The maximum Gasteiger partial charge on any atom is 0.124 e. The van der Waals surface area contributed by atoms with Gasteiger partial charge in [-0.05, 0) is 18.6 Å². The van der Waals surface area contributed by atoms with E-state index in [9.17, 15) is 5.11 Å². The molecule has 3 nitrogen and oxygen atoms in total. The third-order valence-corrected chi connectivity index (χ3v) is 2.62. The first-order valence-corrected chi connectivity index (χ1v) is 4.71. The van der Waals surface area contributed by atoms with Gasteiger partial charge in [0.1, 0.15) is 5.75 Å². The monoisotopic (exact) mass is 281 g/mol. The van der Waals surface area contributed by atoms with E-state index in [4.69, 9.17) is 10.8 Å². The van der Waals surface area contributed by atoms with Crippen molar-refractivity contribution >= 4 is 28.3 Å². The van der Waals surface area contributed by atoms with Gasteiger partial charge in [0.25, 0.3) is 0 Å². The van der Waals surface area contributed by atoms with Crippen molar-refractivity contribution in [1.29, 1.82) is 0 Å². The number of phenolic OH excluding ortho intramolecular Hbond substituents is 1. The summed E-state index contributed by atoms with van der Waals surface area (Å²) in [5.41, 5.74) is 6.93. The molecule has 0 heterocycles. The number of hydrogen-bond acceptors (Lipinski definition) is 3. The fraction of sp³-hybridized carbons (Fsp3) is 0.333. The zero-order chi connectivity index (χ0) is 10.0. The van der Waals surface area contributed by atoms with Crippen LogP contribution in [0.2, 0.25) is 0 Å². The predicted molar refractivity (Wildman–Crippen MR) is 61.8 cm³/mol. The van der Waals surface area contributed by atoms with E-state index in [1.807, 2.05) is 0 Å². The molecule has 1 rings (SSSR count). The molecule has 5 heteroatoms. The normalized spacial score (nSPS) is 12.0. The maximum absolute atomic E-state index is 9.66. The van der Waals surface area contributed by atoms with Crippen molar-refractivity contribution in [2.24, 2.45) is 5.73 Å². The van der Waals surface area contributed by atoms with Crippen molar-refractivity contribution in [2.75, 3.05) is 6.61 Å². The fourth-order valence-electron chi connectivity index (χ4n) is 1.14. The summed E-state index contributed by atoms with van der Waals surface area (Å²) >= 11 is 3.27. The quantitative estimate of drug-likeness (QED) is 0.776. The van der Waals surface area contributed by atoms with E-state index in [0.717, 1.165) is 10.0 Å². The summed E-state index contributed by atoms with van der Waals surface area (Å²) in [5.74, 6) is 0.149. The van der Waals surface area contributed by atoms with Crippen LogP contribution in [-0.2, 0) is 0 Å². The molecule has 0 aromatic heterocycles. The van der Waals surface area contributed by atoms with Gasteiger partial charge in [0, 0.05) is 10.0 Å². The van der Waals surface area contributed by atoms with Crippen LogP contribution in [0, 0.1) is 6.92 Å². The summed E-state index contributed by atoms with van der Waals surface area (Å²) in [6, 6.07) is 3.04. The van der Waals surface area contributed by atoms with Crippen LogP contribution in [0.4, 0.5) is 0 Å². The Kier molecular flexibility index (Phi) is 5.44. The summed E-state index contributed by atoms with van der Waals surface area (Å²) in [5, 5.41) is 18.5. The Hall–Kier alpha value is -0.290. The molecule has 80 valence electrons. The average molecular weight is 283 g/mol. The molecular formula is C9H13BrClNO2. The number of aromatic hydroxyl groups is 1. The van der Waals surface area contributed by atoms with Crippen LogP contribution in [0.15, 0.2) is 16.6 Å². The first-order chi connectivity index (χ1) is 6.07. The smallest absolute Gasteiger partial charge is 0.124 e. The summed E-state index contributed by atoms with van der Waals surface area (Å²) < 4.78 is 0.720. The van der Waals surface area contributed by atoms with Crippen LogP contribution in [-0.4, -0.2) is 16.8 Å². The lowest BCUT2D eigenvalue weighted by Crippen LogP contribution is -2.15. The summed E-state index contributed by atoms with van der Waals surface area (Å²) in [6.45, 7) is 1.60. The number of halogens is 2. The summed E-state index contributed by atoms with van der Waals surface area (Å²) in [6.07, 6.45) is 0. The SMILES string of the molecule is Cc1ccc(Br)c([C@@H](N)CO)c1O.Cl. The Labute approximate surface area is 97.5 Å². The minimum absolute atomic E-state index is 0. The Morgan fingerprint density at radius 1 is 1.50 bits per heavy atom. The highest BCUT2D eigenvalue weighted by Crippen LogP contribution is 2.32. The van der Waals surface area contributed by atoms with E-state index in [1.165, 1.54) is 0 Å². The molecule has 0 aliphatic carbocycles. The number of nitrogens with two attached hydrogens (primary N) is 1. The first-order valence-electron chi connectivity index (χ1n) is 3.92. The highest BCUT2D eigenvalue weighted by molar-refractivity contribution is 9.10. The van der Waals surface area contributed by atoms with Crippen LogP contribution >= 0.6 is 28.3 Å². The van der Waals surface area contributed by atoms with Gasteiger partial charge in [-0.25, -0.2) is 0 Å². The maximum atomic E-state index is 9.66. The van der Waals surface area contributed by atoms with Crippen molar-refractivity contribution < 1.29 is 10.2 Å². The topological polar surface area (TPSA) is 66.5 Å². The van der Waals surface area contributed by atoms with E-state index >= 15 is 0 Å². The van der Waals surface area contributed by atoms with Crippen molar-refractivity contribution in [3.8, 4) is 5.75 Å². The Morgan fingerprint density at radius 2 is 2.07 bits per heavy atom. The lowest BCUT2D eigenvalue weighted by molar-refractivity contribution is 0.265. The van der Waals surface area contributed by atoms with Crippen LogP contribution in [0.3, 0.4) is 0 Å². The van der Waals surface area contributed by atoms with Gasteiger partial charge in [0.05, 0.1) is 12.6 Å². The van der Waals surface area contributed by atoms with Gasteiger partial charge in [-0.15, -0.1) is 12.4 Å². The zero-order valence-corrected chi connectivity index (χ0v) is 10.1.